The molecule has 0 saturated carbocycles. The lowest BCUT2D eigenvalue weighted by Gasteiger charge is -1.95. The van der Waals surface area contributed by atoms with Crippen molar-refractivity contribution >= 4 is 11.0 Å². The van der Waals surface area contributed by atoms with Crippen molar-refractivity contribution in [2.24, 2.45) is 0 Å². The summed E-state index contributed by atoms with van der Waals surface area (Å²) >= 11 is 0. The molecular weight excluding hydrogens is 224 g/mol. The number of pyridine rings is 1. The molecule has 0 radical (unpaired) electrons. The lowest BCUT2D eigenvalue weighted by molar-refractivity contribution is 1.21. The summed E-state index contributed by atoms with van der Waals surface area (Å²) in [6.07, 6.45) is 1.81. The number of hydrogen-bond acceptors (Lipinski definition) is 3. The van der Waals surface area contributed by atoms with Crippen molar-refractivity contribution in [2.45, 2.75) is 6.92 Å². The lowest BCUT2D eigenvalue weighted by Crippen LogP contribution is -1.85. The summed E-state index contributed by atoms with van der Waals surface area (Å²) in [5.41, 5.74) is 4.23. The highest BCUT2D eigenvalue weighted by molar-refractivity contribution is 5.80. The number of benzene rings is 1. The third-order valence-electron chi connectivity index (χ3n) is 2.76. The second-order valence-electron chi connectivity index (χ2n) is 4.15. The maximum atomic E-state index is 8.85. The van der Waals surface area contributed by atoms with Crippen LogP contribution in [-0.2, 0) is 0 Å². The number of rotatable bonds is 1. The van der Waals surface area contributed by atoms with Crippen molar-refractivity contribution in [1.29, 1.82) is 5.26 Å². The highest BCUT2D eigenvalue weighted by Gasteiger charge is 2.06. The number of nitrogens with one attached hydrogen (secondary N) is 1. The Morgan fingerprint density at radius 1 is 1.22 bits per heavy atom. The Hall–Kier alpha value is -2.67. The summed E-state index contributed by atoms with van der Waals surface area (Å²) in [6.45, 7) is 1.99. The van der Waals surface area contributed by atoms with Crippen LogP contribution in [0.25, 0.3) is 22.6 Å². The number of nitrogens with zero attached hydrogens (tertiary/aromatic N) is 3. The molecule has 2 heterocycles. The average Bonchev–Trinajstić information content (AvgIpc) is 2.82. The fraction of sp³-hybridized carbons (Fsp3) is 0.0714. The molecule has 0 spiro atoms. The fourth-order valence-electron chi connectivity index (χ4n) is 1.81. The molecule has 86 valence electrons. The van der Waals surface area contributed by atoms with Gasteiger partial charge in [-0.25, -0.2) is 4.98 Å². The van der Waals surface area contributed by atoms with Gasteiger partial charge in [0.25, 0.3) is 0 Å². The third-order valence-corrected chi connectivity index (χ3v) is 2.76. The van der Waals surface area contributed by atoms with E-state index in [0.717, 1.165) is 28.1 Å². The highest BCUT2D eigenvalue weighted by atomic mass is 14.9. The van der Waals surface area contributed by atoms with Crippen LogP contribution in [0.4, 0.5) is 0 Å². The van der Waals surface area contributed by atoms with Gasteiger partial charge in [0.2, 0.25) is 0 Å². The molecule has 0 atom stereocenters. The minimum absolute atomic E-state index is 0.620. The van der Waals surface area contributed by atoms with Gasteiger partial charge in [-0.2, -0.15) is 5.26 Å². The Balaban J connectivity index is 2.13. The number of hydrogen-bond donors (Lipinski definition) is 1. The van der Waals surface area contributed by atoms with E-state index in [9.17, 15) is 0 Å². The monoisotopic (exact) mass is 234 g/mol. The molecule has 0 unspecified atom stereocenters. The molecule has 0 aliphatic heterocycles. The van der Waals surface area contributed by atoms with E-state index in [-0.39, 0.29) is 0 Å². The molecule has 3 rings (SSSR count). The van der Waals surface area contributed by atoms with Crippen LogP contribution in [0.1, 0.15) is 11.1 Å². The molecule has 0 bridgehead atoms. The molecule has 1 aromatic carbocycles. The van der Waals surface area contributed by atoms with E-state index in [2.05, 4.69) is 21.0 Å². The quantitative estimate of drug-likeness (QED) is 0.704. The molecule has 0 aliphatic rings. The van der Waals surface area contributed by atoms with E-state index in [4.69, 9.17) is 5.26 Å². The fourth-order valence-corrected chi connectivity index (χ4v) is 1.81. The van der Waals surface area contributed by atoms with Crippen molar-refractivity contribution in [2.75, 3.05) is 0 Å². The first-order valence-corrected chi connectivity index (χ1v) is 5.59. The van der Waals surface area contributed by atoms with Crippen LogP contribution in [0.3, 0.4) is 0 Å². The van der Waals surface area contributed by atoms with E-state index < -0.39 is 0 Å². The summed E-state index contributed by atoms with van der Waals surface area (Å²) in [5, 5.41) is 8.85. The predicted molar refractivity (Wildman–Crippen MR) is 68.8 cm³/mol. The van der Waals surface area contributed by atoms with E-state index in [1.807, 2.05) is 31.3 Å². The topological polar surface area (TPSA) is 65.4 Å². The molecule has 4 heteroatoms. The summed E-state index contributed by atoms with van der Waals surface area (Å²) in [6, 6.07) is 11.4. The molecule has 4 nitrogen and oxygen atoms in total. The zero-order chi connectivity index (χ0) is 12.5. The molecule has 0 amide bonds. The van der Waals surface area contributed by atoms with Gasteiger partial charge < -0.3 is 4.98 Å². The number of aromatic amines is 1. The Bertz CT molecular complexity index is 748. The second kappa shape index (κ2) is 3.97. The first-order chi connectivity index (χ1) is 8.76. The van der Waals surface area contributed by atoms with E-state index in [1.54, 1.807) is 12.1 Å². The highest BCUT2D eigenvalue weighted by Crippen LogP contribution is 2.19. The van der Waals surface area contributed by atoms with Gasteiger partial charge >= 0.3 is 0 Å². The minimum atomic E-state index is 0.620. The van der Waals surface area contributed by atoms with Crippen molar-refractivity contribution in [3.63, 3.8) is 0 Å². The van der Waals surface area contributed by atoms with Gasteiger partial charge in [-0.1, -0.05) is 6.07 Å². The number of nitriles is 1. The lowest BCUT2D eigenvalue weighted by atomic mass is 10.2. The maximum Gasteiger partial charge on any atom is 0.157 e. The maximum absolute atomic E-state index is 8.85. The number of aryl methyl sites for hydroxylation is 1. The smallest absolute Gasteiger partial charge is 0.157 e. The van der Waals surface area contributed by atoms with Gasteiger partial charge in [-0.3, -0.25) is 4.98 Å². The molecule has 0 fully saturated rings. The Morgan fingerprint density at radius 2 is 2.11 bits per heavy atom. The summed E-state index contributed by atoms with van der Waals surface area (Å²) < 4.78 is 0. The number of aromatic nitrogens is 3. The van der Waals surface area contributed by atoms with E-state index in [0.29, 0.717) is 5.56 Å². The van der Waals surface area contributed by atoms with Gasteiger partial charge in [0.1, 0.15) is 5.69 Å². The van der Waals surface area contributed by atoms with Crippen LogP contribution < -0.4 is 0 Å². The number of imidazole rings is 1. The van der Waals surface area contributed by atoms with Crippen LogP contribution in [0.15, 0.2) is 36.5 Å². The second-order valence-corrected chi connectivity index (χ2v) is 4.15. The predicted octanol–water partition coefficient (Wildman–Crippen LogP) is 2.81. The summed E-state index contributed by atoms with van der Waals surface area (Å²) in [4.78, 5) is 12.0. The molecule has 1 N–H and O–H groups in total. The number of H-pyrrole nitrogens is 1. The SMILES string of the molecule is Cc1ccc(-c2nc3ccc(C#N)cc3[nH]2)nc1. The van der Waals surface area contributed by atoms with Crippen LogP contribution in [0.2, 0.25) is 0 Å². The zero-order valence-electron chi connectivity index (χ0n) is 9.81. The largest absolute Gasteiger partial charge is 0.337 e. The van der Waals surface area contributed by atoms with Crippen molar-refractivity contribution in [3.8, 4) is 17.6 Å². The molecular formula is C14H10N4. The molecule has 3 aromatic rings. The van der Waals surface area contributed by atoms with Crippen LogP contribution in [0, 0.1) is 18.3 Å². The van der Waals surface area contributed by atoms with Crippen molar-refractivity contribution in [1.82, 2.24) is 15.0 Å². The molecule has 2 aromatic heterocycles. The molecule has 0 aliphatic carbocycles. The average molecular weight is 234 g/mol. The first-order valence-electron chi connectivity index (χ1n) is 5.59. The van der Waals surface area contributed by atoms with Gasteiger partial charge in [0, 0.05) is 6.20 Å². The van der Waals surface area contributed by atoms with Crippen LogP contribution >= 0.6 is 0 Å². The van der Waals surface area contributed by atoms with Crippen molar-refractivity contribution < 1.29 is 0 Å². The van der Waals surface area contributed by atoms with Crippen LogP contribution in [-0.4, -0.2) is 15.0 Å². The van der Waals surface area contributed by atoms with Gasteiger partial charge in [-0.15, -0.1) is 0 Å². The Kier molecular flexibility index (Phi) is 2.31. The summed E-state index contributed by atoms with van der Waals surface area (Å²) in [5.74, 6) is 0.722. The first kappa shape index (κ1) is 10.5. The van der Waals surface area contributed by atoms with Gasteiger partial charge in [0.05, 0.1) is 22.7 Å². The molecule has 0 saturated heterocycles. The Morgan fingerprint density at radius 3 is 2.83 bits per heavy atom. The standard InChI is InChI=1S/C14H10N4/c1-9-2-4-12(16-8-9)14-17-11-5-3-10(7-15)6-13(11)18-14/h2-6,8H,1H3,(H,17,18). The normalized spacial score (nSPS) is 10.4. The summed E-state index contributed by atoms with van der Waals surface area (Å²) in [7, 11) is 0. The van der Waals surface area contributed by atoms with Gasteiger partial charge in [0.15, 0.2) is 5.82 Å². The van der Waals surface area contributed by atoms with E-state index in [1.165, 1.54) is 0 Å². The van der Waals surface area contributed by atoms with Gasteiger partial charge in [-0.05, 0) is 36.8 Å². The minimum Gasteiger partial charge on any atom is -0.337 e. The van der Waals surface area contributed by atoms with Crippen LogP contribution in [0.5, 0.6) is 0 Å². The van der Waals surface area contributed by atoms with Crippen molar-refractivity contribution in [3.05, 3.63) is 47.7 Å². The third kappa shape index (κ3) is 1.72. The molecule has 18 heavy (non-hydrogen) atoms. The zero-order valence-corrected chi connectivity index (χ0v) is 9.81. The number of fused-ring (bicyclic) bond motifs is 1. The van der Waals surface area contributed by atoms with E-state index >= 15 is 0 Å². The Labute approximate surface area is 104 Å².